The molecule has 0 saturated carbocycles. The van der Waals surface area contributed by atoms with E-state index in [0.29, 0.717) is 31.4 Å². The molecule has 1 unspecified atom stereocenters. The molecule has 0 aliphatic carbocycles. The zero-order valence-electron chi connectivity index (χ0n) is 19.6. The quantitative estimate of drug-likeness (QED) is 0.358. The van der Waals surface area contributed by atoms with E-state index in [1.165, 1.54) is 0 Å². The van der Waals surface area contributed by atoms with Gasteiger partial charge in [0.05, 0.1) is 0 Å². The lowest BCUT2D eigenvalue weighted by molar-refractivity contribution is -0.135. The summed E-state index contributed by atoms with van der Waals surface area (Å²) >= 11 is 0. The summed E-state index contributed by atoms with van der Waals surface area (Å²) < 4.78 is 0. The lowest BCUT2D eigenvalue weighted by atomic mass is 10.1. The highest BCUT2D eigenvalue weighted by molar-refractivity contribution is 6.01. The maximum atomic E-state index is 12.4. The predicted octanol–water partition coefficient (Wildman–Crippen LogP) is 3.44. The molecule has 1 heterocycles. The fourth-order valence-electron chi connectivity index (χ4n) is 3.95. The normalized spacial score (nSPS) is 16.1. The Bertz CT molecular complexity index is 797. The van der Waals surface area contributed by atoms with Crippen molar-refractivity contribution in [2.24, 2.45) is 0 Å². The molecular formula is C24H36N4O4. The molecule has 4 amide bonds. The van der Waals surface area contributed by atoms with Crippen LogP contribution in [0, 0.1) is 0 Å². The number of benzene rings is 1. The topological polar surface area (TPSA) is 108 Å². The Balaban J connectivity index is 1.67. The maximum Gasteiger partial charge on any atom is 0.249 e. The molecule has 1 aromatic rings. The minimum absolute atomic E-state index is 0.0619. The van der Waals surface area contributed by atoms with Crippen molar-refractivity contribution in [3.05, 3.63) is 24.3 Å². The Hall–Kier alpha value is -2.90. The largest absolute Gasteiger partial charge is 0.374 e. The number of hydrogen-bond acceptors (Lipinski definition) is 5. The number of anilines is 2. The van der Waals surface area contributed by atoms with Crippen LogP contribution in [0.1, 0.15) is 72.6 Å². The van der Waals surface area contributed by atoms with Crippen LogP contribution in [0.15, 0.2) is 24.3 Å². The summed E-state index contributed by atoms with van der Waals surface area (Å²) in [5, 5.41) is 8.29. The van der Waals surface area contributed by atoms with Crippen LogP contribution in [0.4, 0.5) is 11.4 Å². The van der Waals surface area contributed by atoms with Crippen LogP contribution in [0.3, 0.4) is 0 Å². The minimum atomic E-state index is -0.437. The molecule has 1 aliphatic rings. The molecule has 1 atom stereocenters. The third kappa shape index (κ3) is 7.98. The first-order valence-corrected chi connectivity index (χ1v) is 11.5. The van der Waals surface area contributed by atoms with E-state index in [4.69, 9.17) is 0 Å². The van der Waals surface area contributed by atoms with Gasteiger partial charge in [-0.25, -0.2) is 0 Å². The molecule has 32 heavy (non-hydrogen) atoms. The molecule has 0 aromatic heterocycles. The van der Waals surface area contributed by atoms with Gasteiger partial charge in [-0.1, -0.05) is 6.42 Å². The number of carbonyl (C=O) groups is 4. The first-order chi connectivity index (χ1) is 15.2. The molecule has 0 spiro atoms. The second kappa shape index (κ2) is 12.2. The monoisotopic (exact) mass is 444 g/mol. The molecule has 8 nitrogen and oxygen atoms in total. The summed E-state index contributed by atoms with van der Waals surface area (Å²) in [7, 11) is 0. The van der Waals surface area contributed by atoms with Crippen LogP contribution in [0.2, 0.25) is 0 Å². The number of hydrogen-bond donors (Lipinski definition) is 3. The number of unbranched alkanes of at least 4 members (excludes halogenated alkanes) is 2. The fraction of sp³-hybridized carbons (Fsp3) is 0.583. The average molecular weight is 445 g/mol. The molecule has 0 bridgehead atoms. The zero-order valence-corrected chi connectivity index (χ0v) is 19.6. The lowest BCUT2D eigenvalue weighted by Gasteiger charge is -2.30. The Labute approximate surface area is 190 Å². The summed E-state index contributed by atoms with van der Waals surface area (Å²) in [5.74, 6) is -0.453. The van der Waals surface area contributed by atoms with Gasteiger partial charge in [0.2, 0.25) is 23.6 Å². The lowest BCUT2D eigenvalue weighted by Crippen LogP contribution is -2.47. The van der Waals surface area contributed by atoms with Crippen LogP contribution >= 0.6 is 0 Å². The van der Waals surface area contributed by atoms with Gasteiger partial charge in [0.15, 0.2) is 0 Å². The van der Waals surface area contributed by atoms with E-state index in [2.05, 4.69) is 16.0 Å². The van der Waals surface area contributed by atoms with E-state index in [1.807, 2.05) is 32.6 Å². The summed E-state index contributed by atoms with van der Waals surface area (Å²) in [6.07, 6.45) is 4.04. The Morgan fingerprint density at radius 1 is 0.969 bits per heavy atom. The number of nitrogens with zero attached hydrogens (tertiary/aromatic N) is 1. The zero-order chi connectivity index (χ0) is 23.7. The van der Waals surface area contributed by atoms with Crippen LogP contribution < -0.4 is 16.0 Å². The van der Waals surface area contributed by atoms with E-state index in [9.17, 15) is 19.2 Å². The first-order valence-electron chi connectivity index (χ1n) is 11.5. The molecule has 1 aromatic carbocycles. The van der Waals surface area contributed by atoms with Crippen molar-refractivity contribution in [1.82, 2.24) is 10.2 Å². The van der Waals surface area contributed by atoms with Crippen molar-refractivity contribution < 1.29 is 19.2 Å². The summed E-state index contributed by atoms with van der Waals surface area (Å²) in [6.45, 7) is 8.11. The molecular weight excluding hydrogens is 408 g/mol. The third-order valence-corrected chi connectivity index (χ3v) is 5.44. The molecule has 2 rings (SSSR count). The number of imide groups is 1. The minimum Gasteiger partial charge on any atom is -0.374 e. The number of piperidine rings is 1. The van der Waals surface area contributed by atoms with E-state index in [-0.39, 0.29) is 35.7 Å². The SMILES string of the molecule is CC(C)N(C(=O)CCCCCC(=O)Nc1ccc(NC2CCC(=O)NC2=O)cc1)C(C)C. The summed E-state index contributed by atoms with van der Waals surface area (Å²) in [6, 6.07) is 7.08. The second-order valence-electron chi connectivity index (χ2n) is 8.82. The van der Waals surface area contributed by atoms with Crippen molar-refractivity contribution in [3.63, 3.8) is 0 Å². The van der Waals surface area contributed by atoms with E-state index < -0.39 is 6.04 Å². The Morgan fingerprint density at radius 3 is 2.16 bits per heavy atom. The standard InChI is InChI=1S/C24H36N4O4/c1-16(2)28(17(3)4)23(31)9-7-5-6-8-21(29)26-19-12-10-18(11-13-19)25-20-14-15-22(30)27-24(20)32/h10-13,16-17,20,25H,5-9,14-15H2,1-4H3,(H,26,29)(H,27,30,32). The van der Waals surface area contributed by atoms with Gasteiger partial charge in [0.25, 0.3) is 0 Å². The van der Waals surface area contributed by atoms with Gasteiger partial charge >= 0.3 is 0 Å². The number of rotatable bonds is 11. The predicted molar refractivity (Wildman–Crippen MR) is 125 cm³/mol. The molecule has 8 heteroatoms. The van der Waals surface area contributed by atoms with Gasteiger partial charge < -0.3 is 15.5 Å². The number of nitrogens with one attached hydrogen (secondary N) is 3. The highest BCUT2D eigenvalue weighted by Crippen LogP contribution is 2.18. The fourth-order valence-corrected chi connectivity index (χ4v) is 3.95. The Morgan fingerprint density at radius 2 is 1.56 bits per heavy atom. The summed E-state index contributed by atoms with van der Waals surface area (Å²) in [4.78, 5) is 49.5. The van der Waals surface area contributed by atoms with Gasteiger partial charge in [-0.2, -0.15) is 0 Å². The van der Waals surface area contributed by atoms with Crippen LogP contribution in [-0.2, 0) is 19.2 Å². The van der Waals surface area contributed by atoms with Crippen molar-refractivity contribution in [2.45, 2.75) is 90.8 Å². The van der Waals surface area contributed by atoms with Crippen LogP contribution in [0.25, 0.3) is 0 Å². The van der Waals surface area contributed by atoms with Gasteiger partial charge in [-0.15, -0.1) is 0 Å². The first kappa shape index (κ1) is 25.4. The van der Waals surface area contributed by atoms with Crippen molar-refractivity contribution in [3.8, 4) is 0 Å². The number of carbonyl (C=O) groups excluding carboxylic acids is 4. The highest BCUT2D eigenvalue weighted by Gasteiger charge is 2.26. The van der Waals surface area contributed by atoms with E-state index in [0.717, 1.165) is 24.9 Å². The van der Waals surface area contributed by atoms with Gasteiger partial charge in [-0.3, -0.25) is 24.5 Å². The van der Waals surface area contributed by atoms with Crippen molar-refractivity contribution in [2.75, 3.05) is 10.6 Å². The third-order valence-electron chi connectivity index (χ3n) is 5.44. The smallest absolute Gasteiger partial charge is 0.249 e. The Kier molecular flexibility index (Phi) is 9.68. The van der Waals surface area contributed by atoms with Gasteiger partial charge in [0.1, 0.15) is 6.04 Å². The second-order valence-corrected chi connectivity index (χ2v) is 8.82. The van der Waals surface area contributed by atoms with Crippen LogP contribution in [0.5, 0.6) is 0 Å². The molecule has 176 valence electrons. The number of amides is 4. The van der Waals surface area contributed by atoms with Gasteiger partial charge in [-0.05, 0) is 71.2 Å². The maximum absolute atomic E-state index is 12.4. The highest BCUT2D eigenvalue weighted by atomic mass is 16.2. The van der Waals surface area contributed by atoms with Crippen molar-refractivity contribution in [1.29, 1.82) is 0 Å². The van der Waals surface area contributed by atoms with Gasteiger partial charge in [0, 0.05) is 42.7 Å². The average Bonchev–Trinajstić information content (AvgIpc) is 2.70. The molecule has 3 N–H and O–H groups in total. The summed E-state index contributed by atoms with van der Waals surface area (Å²) in [5.41, 5.74) is 1.43. The van der Waals surface area contributed by atoms with Crippen LogP contribution in [-0.4, -0.2) is 46.7 Å². The molecule has 1 saturated heterocycles. The molecule has 1 aliphatic heterocycles. The van der Waals surface area contributed by atoms with E-state index in [1.54, 1.807) is 24.3 Å². The van der Waals surface area contributed by atoms with E-state index >= 15 is 0 Å². The van der Waals surface area contributed by atoms with Crippen molar-refractivity contribution >= 4 is 35.0 Å². The molecule has 1 fully saturated rings. The molecule has 0 radical (unpaired) electrons.